The van der Waals surface area contributed by atoms with E-state index in [9.17, 15) is 4.79 Å². The molecule has 1 saturated carbocycles. The molecule has 2 aliphatic heterocycles. The molecule has 0 bridgehead atoms. The van der Waals surface area contributed by atoms with Crippen molar-refractivity contribution in [2.45, 2.75) is 45.4 Å². The molecule has 0 aromatic rings. The van der Waals surface area contributed by atoms with Crippen molar-refractivity contribution >= 4 is 18.3 Å². The topological polar surface area (TPSA) is 32.3 Å². The third-order valence-corrected chi connectivity index (χ3v) is 5.38. The van der Waals surface area contributed by atoms with Gasteiger partial charge in [0.2, 0.25) is 5.91 Å². The highest BCUT2D eigenvalue weighted by Crippen LogP contribution is 2.38. The molecule has 0 aromatic carbocycles. The summed E-state index contributed by atoms with van der Waals surface area (Å²) in [5, 5.41) is 3.39. The van der Waals surface area contributed by atoms with Crippen molar-refractivity contribution in [2.75, 3.05) is 26.2 Å². The zero-order valence-electron chi connectivity index (χ0n) is 12.0. The molecule has 1 amide bonds. The normalized spacial score (nSPS) is 38.5. The van der Waals surface area contributed by atoms with Crippen LogP contribution < -0.4 is 5.32 Å². The minimum atomic E-state index is -0.133. The van der Waals surface area contributed by atoms with E-state index in [1.54, 1.807) is 0 Å². The van der Waals surface area contributed by atoms with Crippen molar-refractivity contribution < 1.29 is 4.79 Å². The molecule has 3 atom stereocenters. The molecule has 0 radical (unpaired) electrons. The van der Waals surface area contributed by atoms with Crippen LogP contribution in [0.2, 0.25) is 0 Å². The van der Waals surface area contributed by atoms with Gasteiger partial charge in [-0.05, 0) is 51.0 Å². The average molecular weight is 287 g/mol. The van der Waals surface area contributed by atoms with Crippen LogP contribution >= 0.6 is 12.4 Å². The number of piperidine rings is 1. The molecule has 3 aliphatic rings. The Kier molecular flexibility index (Phi) is 4.78. The van der Waals surface area contributed by atoms with Crippen LogP contribution in [0.3, 0.4) is 0 Å². The second-order valence-corrected chi connectivity index (χ2v) is 6.86. The summed E-state index contributed by atoms with van der Waals surface area (Å²) in [5.74, 6) is 2.04. The molecule has 2 heterocycles. The Labute approximate surface area is 122 Å². The van der Waals surface area contributed by atoms with Gasteiger partial charge in [0.05, 0.1) is 5.41 Å². The molecule has 2 saturated heterocycles. The average Bonchev–Trinajstić information content (AvgIpc) is 2.82. The molecule has 3 fully saturated rings. The monoisotopic (exact) mass is 286 g/mol. The first-order valence-electron chi connectivity index (χ1n) is 7.69. The smallest absolute Gasteiger partial charge is 0.229 e. The number of hydrogen-bond acceptors (Lipinski definition) is 2. The van der Waals surface area contributed by atoms with Gasteiger partial charge in [-0.25, -0.2) is 0 Å². The minimum Gasteiger partial charge on any atom is -0.342 e. The highest BCUT2D eigenvalue weighted by Gasteiger charge is 2.43. The maximum absolute atomic E-state index is 12.8. The maximum atomic E-state index is 12.8. The molecule has 19 heavy (non-hydrogen) atoms. The van der Waals surface area contributed by atoms with Crippen LogP contribution in [0.15, 0.2) is 0 Å². The fourth-order valence-electron chi connectivity index (χ4n) is 4.19. The molecule has 1 aliphatic carbocycles. The summed E-state index contributed by atoms with van der Waals surface area (Å²) < 4.78 is 0. The van der Waals surface area contributed by atoms with E-state index in [0.29, 0.717) is 5.91 Å². The van der Waals surface area contributed by atoms with Gasteiger partial charge in [0, 0.05) is 19.6 Å². The Morgan fingerprint density at radius 2 is 1.79 bits per heavy atom. The quantitative estimate of drug-likeness (QED) is 0.803. The highest BCUT2D eigenvalue weighted by atomic mass is 35.5. The lowest BCUT2D eigenvalue weighted by atomic mass is 9.81. The van der Waals surface area contributed by atoms with Crippen LogP contribution in [-0.4, -0.2) is 37.0 Å². The van der Waals surface area contributed by atoms with Crippen molar-refractivity contribution in [3.8, 4) is 0 Å². The van der Waals surface area contributed by atoms with Gasteiger partial charge in [0.15, 0.2) is 0 Å². The number of hydrogen-bond donors (Lipinski definition) is 1. The number of halogens is 1. The fraction of sp³-hybridized carbons (Fsp3) is 0.933. The predicted molar refractivity (Wildman–Crippen MR) is 79.5 cm³/mol. The summed E-state index contributed by atoms with van der Waals surface area (Å²) in [6.45, 7) is 6.19. The number of carbonyl (C=O) groups is 1. The summed E-state index contributed by atoms with van der Waals surface area (Å²) in [5.41, 5.74) is -0.133. The SMILES string of the molecule is CC1(C(=O)N2CC3CCCCC3C2)CCCNC1.Cl. The number of rotatable bonds is 1. The molecule has 110 valence electrons. The zero-order valence-corrected chi connectivity index (χ0v) is 12.8. The van der Waals surface area contributed by atoms with Gasteiger partial charge < -0.3 is 10.2 Å². The standard InChI is InChI=1S/C15H26N2O.ClH/c1-15(7-4-8-16-11-15)14(18)17-9-12-5-2-3-6-13(12)10-17;/h12-13,16H,2-11H2,1H3;1H. The number of fused-ring (bicyclic) bond motifs is 1. The van der Waals surface area contributed by atoms with Gasteiger partial charge >= 0.3 is 0 Å². The van der Waals surface area contributed by atoms with E-state index in [1.807, 2.05) is 0 Å². The van der Waals surface area contributed by atoms with E-state index >= 15 is 0 Å². The van der Waals surface area contributed by atoms with Crippen molar-refractivity contribution in [1.82, 2.24) is 10.2 Å². The Balaban J connectivity index is 0.00000133. The number of nitrogens with one attached hydrogen (secondary N) is 1. The van der Waals surface area contributed by atoms with Gasteiger partial charge in [-0.2, -0.15) is 0 Å². The molecular weight excluding hydrogens is 260 g/mol. The van der Waals surface area contributed by atoms with Gasteiger partial charge in [0.1, 0.15) is 0 Å². The Morgan fingerprint density at radius 3 is 2.32 bits per heavy atom. The van der Waals surface area contributed by atoms with Crippen molar-refractivity contribution in [2.24, 2.45) is 17.3 Å². The minimum absolute atomic E-state index is 0. The van der Waals surface area contributed by atoms with Gasteiger partial charge in [0.25, 0.3) is 0 Å². The Morgan fingerprint density at radius 1 is 1.16 bits per heavy atom. The van der Waals surface area contributed by atoms with E-state index < -0.39 is 0 Å². The van der Waals surface area contributed by atoms with E-state index in [4.69, 9.17) is 0 Å². The fourth-order valence-corrected chi connectivity index (χ4v) is 4.19. The van der Waals surface area contributed by atoms with Gasteiger partial charge in [-0.3, -0.25) is 4.79 Å². The first-order valence-corrected chi connectivity index (χ1v) is 7.69. The molecule has 1 N–H and O–H groups in total. The molecule has 3 unspecified atom stereocenters. The molecular formula is C15H27ClN2O. The highest BCUT2D eigenvalue weighted by molar-refractivity contribution is 5.85. The second-order valence-electron chi connectivity index (χ2n) is 6.86. The van der Waals surface area contributed by atoms with Crippen molar-refractivity contribution in [1.29, 1.82) is 0 Å². The van der Waals surface area contributed by atoms with E-state index in [-0.39, 0.29) is 17.8 Å². The zero-order chi connectivity index (χ0) is 12.6. The first-order chi connectivity index (χ1) is 8.69. The van der Waals surface area contributed by atoms with E-state index in [1.165, 1.54) is 25.7 Å². The molecule has 3 rings (SSSR count). The number of likely N-dealkylation sites (tertiary alicyclic amines) is 1. The van der Waals surface area contributed by atoms with Gasteiger partial charge in [-0.1, -0.05) is 12.8 Å². The second kappa shape index (κ2) is 6.01. The van der Waals surface area contributed by atoms with Crippen LogP contribution in [-0.2, 0) is 4.79 Å². The van der Waals surface area contributed by atoms with Crippen molar-refractivity contribution in [3.63, 3.8) is 0 Å². The van der Waals surface area contributed by atoms with Crippen LogP contribution in [0, 0.1) is 17.3 Å². The summed E-state index contributed by atoms with van der Waals surface area (Å²) in [7, 11) is 0. The molecule has 4 heteroatoms. The lowest BCUT2D eigenvalue weighted by Crippen LogP contribution is -2.49. The largest absolute Gasteiger partial charge is 0.342 e. The number of amides is 1. The Bertz CT molecular complexity index is 314. The molecule has 0 spiro atoms. The number of carbonyl (C=O) groups excluding carboxylic acids is 1. The van der Waals surface area contributed by atoms with Gasteiger partial charge in [-0.15, -0.1) is 12.4 Å². The summed E-state index contributed by atoms with van der Waals surface area (Å²) in [4.78, 5) is 14.9. The van der Waals surface area contributed by atoms with E-state index in [2.05, 4.69) is 17.1 Å². The maximum Gasteiger partial charge on any atom is 0.229 e. The number of nitrogens with zero attached hydrogens (tertiary/aromatic N) is 1. The molecule has 3 nitrogen and oxygen atoms in total. The summed E-state index contributed by atoms with van der Waals surface area (Å²) in [6, 6.07) is 0. The Hall–Kier alpha value is -0.280. The first kappa shape index (κ1) is 15.1. The van der Waals surface area contributed by atoms with E-state index in [0.717, 1.165) is 50.9 Å². The van der Waals surface area contributed by atoms with Crippen molar-refractivity contribution in [3.05, 3.63) is 0 Å². The lowest BCUT2D eigenvalue weighted by Gasteiger charge is -2.36. The van der Waals surface area contributed by atoms with Crippen LogP contribution in [0.25, 0.3) is 0 Å². The third-order valence-electron chi connectivity index (χ3n) is 5.38. The van der Waals surface area contributed by atoms with Crippen LogP contribution in [0.5, 0.6) is 0 Å². The van der Waals surface area contributed by atoms with Crippen LogP contribution in [0.4, 0.5) is 0 Å². The summed E-state index contributed by atoms with van der Waals surface area (Å²) >= 11 is 0. The third kappa shape index (κ3) is 2.92. The van der Waals surface area contributed by atoms with Crippen LogP contribution in [0.1, 0.15) is 45.4 Å². The lowest BCUT2D eigenvalue weighted by molar-refractivity contribution is -0.141. The molecule has 0 aromatic heterocycles. The summed E-state index contributed by atoms with van der Waals surface area (Å²) in [6.07, 6.45) is 7.66. The predicted octanol–water partition coefficient (Wildman–Crippen LogP) is 2.45.